The van der Waals surface area contributed by atoms with Crippen LogP contribution in [0, 0.1) is 0 Å². The molecule has 0 atom stereocenters. The number of allylic oxidation sites excluding steroid dienone is 1. The Hall–Kier alpha value is -3.18. The van der Waals surface area contributed by atoms with Crippen molar-refractivity contribution in [3.63, 3.8) is 0 Å². The number of para-hydroxylation sites is 1. The van der Waals surface area contributed by atoms with Gasteiger partial charge in [0.1, 0.15) is 11.5 Å². The molecule has 0 aliphatic rings. The minimum absolute atomic E-state index is 0.158. The lowest BCUT2D eigenvalue weighted by atomic mass is 10.1. The van der Waals surface area contributed by atoms with Crippen LogP contribution in [0.1, 0.15) is 26.3 Å². The standard InChI is InChI=1S/C23H17BrO4/c1-27-18-13-10-16(11-14-18)21(25)15-12-17-6-2-5-9-22(17)28-23(26)19-7-3-4-8-20(19)24/h2-15H,1H3. The van der Waals surface area contributed by atoms with Crippen LogP contribution >= 0.6 is 15.9 Å². The number of carbonyl (C=O) groups excluding carboxylic acids is 2. The van der Waals surface area contributed by atoms with E-state index in [9.17, 15) is 9.59 Å². The van der Waals surface area contributed by atoms with Crippen LogP contribution in [0.15, 0.2) is 83.3 Å². The number of hydrogen-bond acceptors (Lipinski definition) is 4. The van der Waals surface area contributed by atoms with Gasteiger partial charge in [-0.1, -0.05) is 30.3 Å². The summed E-state index contributed by atoms with van der Waals surface area (Å²) in [7, 11) is 1.57. The third-order valence-corrected chi connectivity index (χ3v) is 4.70. The maximum absolute atomic E-state index is 12.5. The highest BCUT2D eigenvalue weighted by Crippen LogP contribution is 2.23. The second-order valence-electron chi connectivity index (χ2n) is 5.83. The lowest BCUT2D eigenvalue weighted by molar-refractivity contribution is 0.0733. The van der Waals surface area contributed by atoms with Gasteiger partial charge in [0.05, 0.1) is 12.7 Å². The smallest absolute Gasteiger partial charge is 0.344 e. The number of ketones is 1. The number of benzene rings is 3. The summed E-state index contributed by atoms with van der Waals surface area (Å²) in [6.45, 7) is 0. The number of halogens is 1. The van der Waals surface area contributed by atoms with Gasteiger partial charge in [-0.25, -0.2) is 4.79 Å². The molecule has 4 nitrogen and oxygen atoms in total. The molecule has 0 heterocycles. The Kier molecular flexibility index (Phi) is 6.40. The zero-order valence-corrected chi connectivity index (χ0v) is 16.7. The van der Waals surface area contributed by atoms with Gasteiger partial charge in [-0.2, -0.15) is 0 Å². The molecule has 3 rings (SSSR count). The highest BCUT2D eigenvalue weighted by Gasteiger charge is 2.13. The van der Waals surface area contributed by atoms with Crippen molar-refractivity contribution < 1.29 is 19.1 Å². The molecule has 0 radical (unpaired) electrons. The molecule has 0 bridgehead atoms. The monoisotopic (exact) mass is 436 g/mol. The second-order valence-corrected chi connectivity index (χ2v) is 6.69. The van der Waals surface area contributed by atoms with Gasteiger partial charge in [0.15, 0.2) is 5.78 Å². The normalized spacial score (nSPS) is 10.6. The van der Waals surface area contributed by atoms with Crippen LogP contribution < -0.4 is 9.47 Å². The number of ether oxygens (including phenoxy) is 2. The predicted octanol–water partition coefficient (Wildman–Crippen LogP) is 5.57. The molecule has 5 heteroatoms. The second kappa shape index (κ2) is 9.15. The lowest BCUT2D eigenvalue weighted by Gasteiger charge is -2.08. The van der Waals surface area contributed by atoms with Crippen LogP contribution in [0.25, 0.3) is 6.08 Å². The molecule has 0 saturated heterocycles. The summed E-state index contributed by atoms with van der Waals surface area (Å²) in [5.41, 5.74) is 1.60. The number of rotatable bonds is 6. The molecule has 0 unspecified atom stereocenters. The Morgan fingerprint density at radius 3 is 2.29 bits per heavy atom. The van der Waals surface area contributed by atoms with Crippen molar-refractivity contribution >= 4 is 33.8 Å². The van der Waals surface area contributed by atoms with Gasteiger partial charge in [0.25, 0.3) is 0 Å². The Balaban J connectivity index is 1.78. The van der Waals surface area contributed by atoms with Gasteiger partial charge >= 0.3 is 5.97 Å². The van der Waals surface area contributed by atoms with Crippen molar-refractivity contribution in [1.29, 1.82) is 0 Å². The lowest BCUT2D eigenvalue weighted by Crippen LogP contribution is -2.09. The van der Waals surface area contributed by atoms with Crippen molar-refractivity contribution in [2.75, 3.05) is 7.11 Å². The fourth-order valence-corrected chi connectivity index (χ4v) is 2.96. The van der Waals surface area contributed by atoms with Gasteiger partial charge in [-0.05, 0) is 70.5 Å². The fraction of sp³-hybridized carbons (Fsp3) is 0.0435. The Morgan fingerprint density at radius 2 is 1.57 bits per heavy atom. The summed E-state index contributed by atoms with van der Waals surface area (Å²) in [4.78, 5) is 24.8. The van der Waals surface area contributed by atoms with E-state index in [1.54, 1.807) is 73.8 Å². The quantitative estimate of drug-likeness (QED) is 0.219. The molecule has 3 aromatic carbocycles. The zero-order chi connectivity index (χ0) is 19.9. The molecule has 0 spiro atoms. The van der Waals surface area contributed by atoms with E-state index >= 15 is 0 Å². The van der Waals surface area contributed by atoms with E-state index in [1.807, 2.05) is 12.1 Å². The Morgan fingerprint density at radius 1 is 0.893 bits per heavy atom. The molecule has 140 valence electrons. The minimum Gasteiger partial charge on any atom is -0.497 e. The van der Waals surface area contributed by atoms with Crippen LogP contribution in [0.2, 0.25) is 0 Å². The summed E-state index contributed by atoms with van der Waals surface area (Å²) < 4.78 is 11.3. The van der Waals surface area contributed by atoms with Crippen LogP contribution in [0.5, 0.6) is 11.5 Å². The largest absolute Gasteiger partial charge is 0.497 e. The molecule has 0 amide bonds. The van der Waals surface area contributed by atoms with Crippen LogP contribution in [-0.4, -0.2) is 18.9 Å². The summed E-state index contributed by atoms with van der Waals surface area (Å²) in [6.07, 6.45) is 3.09. The van der Waals surface area contributed by atoms with Gasteiger partial charge in [0.2, 0.25) is 0 Å². The molecular formula is C23H17BrO4. The zero-order valence-electron chi connectivity index (χ0n) is 15.1. The molecule has 0 fully saturated rings. The average Bonchev–Trinajstić information content (AvgIpc) is 2.73. The molecule has 0 aliphatic heterocycles. The van der Waals surface area contributed by atoms with E-state index in [1.165, 1.54) is 6.08 Å². The van der Waals surface area contributed by atoms with Crippen molar-refractivity contribution in [3.8, 4) is 11.5 Å². The number of methoxy groups -OCH3 is 1. The van der Waals surface area contributed by atoms with E-state index in [2.05, 4.69) is 15.9 Å². The highest BCUT2D eigenvalue weighted by atomic mass is 79.9. The average molecular weight is 437 g/mol. The third-order valence-electron chi connectivity index (χ3n) is 4.00. The van der Waals surface area contributed by atoms with Crippen molar-refractivity contribution in [2.45, 2.75) is 0 Å². The summed E-state index contributed by atoms with van der Waals surface area (Å²) in [6, 6.07) is 20.9. The van der Waals surface area contributed by atoms with E-state index in [-0.39, 0.29) is 5.78 Å². The third kappa shape index (κ3) is 4.75. The van der Waals surface area contributed by atoms with Gasteiger partial charge in [0, 0.05) is 15.6 Å². The first kappa shape index (κ1) is 19.6. The predicted molar refractivity (Wildman–Crippen MR) is 112 cm³/mol. The topological polar surface area (TPSA) is 52.6 Å². The summed E-state index contributed by atoms with van der Waals surface area (Å²) in [5.74, 6) is 0.427. The number of esters is 1. The summed E-state index contributed by atoms with van der Waals surface area (Å²) >= 11 is 3.35. The molecule has 0 aromatic heterocycles. The van der Waals surface area contributed by atoms with Crippen LogP contribution in [0.3, 0.4) is 0 Å². The van der Waals surface area contributed by atoms with E-state index in [0.29, 0.717) is 32.7 Å². The van der Waals surface area contributed by atoms with Crippen LogP contribution in [0.4, 0.5) is 0 Å². The first-order valence-corrected chi connectivity index (χ1v) is 9.30. The van der Waals surface area contributed by atoms with Gasteiger partial charge < -0.3 is 9.47 Å². The van der Waals surface area contributed by atoms with Gasteiger partial charge in [-0.3, -0.25) is 4.79 Å². The van der Waals surface area contributed by atoms with Crippen molar-refractivity contribution in [1.82, 2.24) is 0 Å². The molecule has 0 aliphatic carbocycles. The molecular weight excluding hydrogens is 420 g/mol. The van der Waals surface area contributed by atoms with Crippen molar-refractivity contribution in [2.24, 2.45) is 0 Å². The van der Waals surface area contributed by atoms with Crippen molar-refractivity contribution in [3.05, 3.63) is 100 Å². The number of hydrogen-bond donors (Lipinski definition) is 0. The molecule has 28 heavy (non-hydrogen) atoms. The fourth-order valence-electron chi connectivity index (χ4n) is 2.51. The van der Waals surface area contributed by atoms with E-state index < -0.39 is 5.97 Å². The first-order chi connectivity index (χ1) is 13.6. The minimum atomic E-state index is -0.477. The van der Waals surface area contributed by atoms with Gasteiger partial charge in [-0.15, -0.1) is 0 Å². The Bertz CT molecular complexity index is 1020. The Labute approximate surface area is 171 Å². The van der Waals surface area contributed by atoms with E-state index in [0.717, 1.165) is 0 Å². The highest BCUT2D eigenvalue weighted by molar-refractivity contribution is 9.10. The van der Waals surface area contributed by atoms with E-state index in [4.69, 9.17) is 9.47 Å². The first-order valence-electron chi connectivity index (χ1n) is 8.50. The maximum Gasteiger partial charge on any atom is 0.344 e. The maximum atomic E-state index is 12.5. The van der Waals surface area contributed by atoms with Crippen LogP contribution in [-0.2, 0) is 0 Å². The molecule has 3 aromatic rings. The molecule has 0 N–H and O–H groups in total. The SMILES string of the molecule is COc1ccc(C(=O)C=Cc2ccccc2OC(=O)c2ccccc2Br)cc1. The number of carbonyl (C=O) groups is 2. The summed E-state index contributed by atoms with van der Waals surface area (Å²) in [5, 5.41) is 0. The molecule has 0 saturated carbocycles.